The number of carbonyl (C=O) groups excluding carboxylic acids is 1. The van der Waals surface area contributed by atoms with Crippen LogP contribution in [0.3, 0.4) is 0 Å². The molecule has 1 heterocycles. The Kier molecular flexibility index (Phi) is 11.4. The van der Waals surface area contributed by atoms with Gasteiger partial charge < -0.3 is 5.32 Å². The second kappa shape index (κ2) is 14.2. The van der Waals surface area contributed by atoms with Crippen molar-refractivity contribution in [3.8, 4) is 0 Å². The van der Waals surface area contributed by atoms with Crippen LogP contribution in [-0.2, 0) is 6.42 Å². The maximum absolute atomic E-state index is 12.6. The lowest BCUT2D eigenvalue weighted by molar-refractivity contribution is 0.0951. The molecule has 2 aromatic rings. The predicted molar refractivity (Wildman–Crippen MR) is 123 cm³/mol. The molecule has 1 aromatic heterocycles. The van der Waals surface area contributed by atoms with E-state index in [2.05, 4.69) is 17.2 Å². The lowest BCUT2D eigenvalue weighted by atomic mass is 10.0. The van der Waals surface area contributed by atoms with Crippen molar-refractivity contribution >= 4 is 17.5 Å². The maximum Gasteiger partial charge on any atom is 0.253 e. The van der Waals surface area contributed by atoms with E-state index in [1.54, 1.807) is 6.20 Å². The van der Waals surface area contributed by atoms with Crippen molar-refractivity contribution in [3.63, 3.8) is 0 Å². The van der Waals surface area contributed by atoms with Gasteiger partial charge in [-0.05, 0) is 36.2 Å². The van der Waals surface area contributed by atoms with Crippen LogP contribution in [0.2, 0.25) is 5.02 Å². The first-order valence-electron chi connectivity index (χ1n) is 11.2. The molecule has 158 valence electrons. The van der Waals surface area contributed by atoms with E-state index >= 15 is 0 Å². The van der Waals surface area contributed by atoms with Crippen LogP contribution in [0.5, 0.6) is 0 Å². The molecule has 0 fully saturated rings. The van der Waals surface area contributed by atoms with Gasteiger partial charge in [0.2, 0.25) is 0 Å². The van der Waals surface area contributed by atoms with E-state index in [0.29, 0.717) is 17.0 Å². The van der Waals surface area contributed by atoms with Crippen molar-refractivity contribution in [2.75, 3.05) is 6.54 Å². The molecule has 0 radical (unpaired) electrons. The summed E-state index contributed by atoms with van der Waals surface area (Å²) in [5.74, 6) is -0.0296. The van der Waals surface area contributed by atoms with Crippen molar-refractivity contribution < 1.29 is 4.79 Å². The number of hydrogen-bond donors (Lipinski definition) is 1. The molecular weight excluding hydrogens is 380 g/mol. The number of aromatic nitrogens is 1. The average molecular weight is 415 g/mol. The molecule has 1 N–H and O–H groups in total. The van der Waals surface area contributed by atoms with Crippen LogP contribution in [0.15, 0.2) is 42.6 Å². The maximum atomic E-state index is 12.6. The lowest BCUT2D eigenvalue weighted by Crippen LogP contribution is -2.26. The first kappa shape index (κ1) is 23.4. The monoisotopic (exact) mass is 414 g/mol. The number of pyridine rings is 1. The normalized spacial score (nSPS) is 10.8. The molecule has 3 nitrogen and oxygen atoms in total. The smallest absolute Gasteiger partial charge is 0.253 e. The zero-order valence-corrected chi connectivity index (χ0v) is 18.5. The minimum absolute atomic E-state index is 0.0296. The average Bonchev–Trinajstić information content (AvgIpc) is 2.74. The van der Waals surface area contributed by atoms with E-state index in [4.69, 9.17) is 11.6 Å². The van der Waals surface area contributed by atoms with Crippen molar-refractivity contribution in [1.82, 2.24) is 10.3 Å². The van der Waals surface area contributed by atoms with Gasteiger partial charge in [0, 0.05) is 24.2 Å². The van der Waals surface area contributed by atoms with E-state index in [-0.39, 0.29) is 5.91 Å². The van der Waals surface area contributed by atoms with Crippen molar-refractivity contribution in [3.05, 3.63) is 64.4 Å². The molecule has 4 heteroatoms. The summed E-state index contributed by atoms with van der Waals surface area (Å²) in [5.41, 5.74) is 2.56. The molecule has 1 aromatic carbocycles. The van der Waals surface area contributed by atoms with Gasteiger partial charge in [0.15, 0.2) is 0 Å². The predicted octanol–water partition coefficient (Wildman–Crippen LogP) is 6.98. The Morgan fingerprint density at radius 2 is 1.52 bits per heavy atom. The Balaban J connectivity index is 1.66. The van der Waals surface area contributed by atoms with E-state index in [0.717, 1.165) is 24.2 Å². The molecule has 0 atom stereocenters. The highest BCUT2D eigenvalue weighted by molar-refractivity contribution is 6.30. The highest BCUT2D eigenvalue weighted by Gasteiger charge is 2.12. The number of carbonyl (C=O) groups is 1. The standard InChI is InChI=1S/C25H35ClN2O/c1-2-3-4-5-6-7-8-9-10-11-18-28-25(29)23-13-12-19-27-24(23)20-21-14-16-22(26)17-15-21/h12-17,19H,2-11,18,20H2,1H3,(H,28,29). The number of amides is 1. The number of hydrogen-bond acceptors (Lipinski definition) is 2. The molecule has 2 rings (SSSR count). The molecule has 0 aliphatic carbocycles. The summed E-state index contributed by atoms with van der Waals surface area (Å²) >= 11 is 5.95. The van der Waals surface area contributed by atoms with E-state index in [9.17, 15) is 4.79 Å². The van der Waals surface area contributed by atoms with Gasteiger partial charge in [0.25, 0.3) is 5.91 Å². The summed E-state index contributed by atoms with van der Waals surface area (Å²) in [7, 11) is 0. The first-order chi connectivity index (χ1) is 14.2. The van der Waals surface area contributed by atoms with Gasteiger partial charge in [-0.1, -0.05) is 88.4 Å². The van der Waals surface area contributed by atoms with E-state index in [1.807, 2.05) is 36.4 Å². The van der Waals surface area contributed by atoms with Crippen LogP contribution in [0.1, 0.15) is 92.7 Å². The Bertz CT molecular complexity index is 715. The number of halogens is 1. The molecule has 0 saturated carbocycles. The molecule has 0 saturated heterocycles. The molecular formula is C25H35ClN2O. The second-order valence-corrected chi connectivity index (χ2v) is 8.18. The fraction of sp³-hybridized carbons (Fsp3) is 0.520. The quantitative estimate of drug-likeness (QED) is 0.339. The SMILES string of the molecule is CCCCCCCCCCCCNC(=O)c1cccnc1Cc1ccc(Cl)cc1. The topological polar surface area (TPSA) is 42.0 Å². The molecule has 1 amide bonds. The Morgan fingerprint density at radius 1 is 0.897 bits per heavy atom. The van der Waals surface area contributed by atoms with E-state index in [1.165, 1.54) is 57.8 Å². The minimum Gasteiger partial charge on any atom is -0.352 e. The number of rotatable bonds is 14. The van der Waals surface area contributed by atoms with Crippen molar-refractivity contribution in [1.29, 1.82) is 0 Å². The first-order valence-corrected chi connectivity index (χ1v) is 11.5. The summed E-state index contributed by atoms with van der Waals surface area (Å²) < 4.78 is 0. The van der Waals surface area contributed by atoms with Gasteiger partial charge in [-0.25, -0.2) is 0 Å². The molecule has 0 aliphatic rings. The van der Waals surface area contributed by atoms with Crippen LogP contribution in [-0.4, -0.2) is 17.4 Å². The van der Waals surface area contributed by atoms with Crippen LogP contribution in [0.4, 0.5) is 0 Å². The number of unbranched alkanes of at least 4 members (excludes halogenated alkanes) is 9. The van der Waals surface area contributed by atoms with Gasteiger partial charge in [0.1, 0.15) is 0 Å². The van der Waals surface area contributed by atoms with Crippen LogP contribution >= 0.6 is 11.6 Å². The van der Waals surface area contributed by atoms with Crippen LogP contribution < -0.4 is 5.32 Å². The number of benzene rings is 1. The van der Waals surface area contributed by atoms with Gasteiger partial charge in [-0.15, -0.1) is 0 Å². The fourth-order valence-electron chi connectivity index (χ4n) is 3.49. The Labute approximate surface area is 181 Å². The van der Waals surface area contributed by atoms with Crippen molar-refractivity contribution in [2.24, 2.45) is 0 Å². The lowest BCUT2D eigenvalue weighted by Gasteiger charge is -2.10. The zero-order chi connectivity index (χ0) is 20.7. The van der Waals surface area contributed by atoms with E-state index < -0.39 is 0 Å². The van der Waals surface area contributed by atoms with Crippen LogP contribution in [0.25, 0.3) is 0 Å². The van der Waals surface area contributed by atoms with Gasteiger partial charge in [0.05, 0.1) is 11.3 Å². The molecule has 0 spiro atoms. The molecule has 29 heavy (non-hydrogen) atoms. The third kappa shape index (κ3) is 9.45. The highest BCUT2D eigenvalue weighted by Crippen LogP contribution is 2.15. The Hall–Kier alpha value is -1.87. The molecule has 0 unspecified atom stereocenters. The fourth-order valence-corrected chi connectivity index (χ4v) is 3.62. The summed E-state index contributed by atoms with van der Waals surface area (Å²) in [6.45, 7) is 2.98. The zero-order valence-electron chi connectivity index (χ0n) is 17.8. The largest absolute Gasteiger partial charge is 0.352 e. The number of nitrogens with zero attached hydrogens (tertiary/aromatic N) is 1. The minimum atomic E-state index is -0.0296. The molecule has 0 aliphatic heterocycles. The van der Waals surface area contributed by atoms with Gasteiger partial charge >= 0.3 is 0 Å². The number of nitrogens with one attached hydrogen (secondary N) is 1. The van der Waals surface area contributed by atoms with Crippen molar-refractivity contribution in [2.45, 2.75) is 77.6 Å². The van der Waals surface area contributed by atoms with Gasteiger partial charge in [-0.3, -0.25) is 9.78 Å². The molecule has 0 bridgehead atoms. The summed E-state index contributed by atoms with van der Waals surface area (Å²) in [6.07, 6.45) is 15.3. The Morgan fingerprint density at radius 3 is 2.17 bits per heavy atom. The summed E-state index contributed by atoms with van der Waals surface area (Å²) in [5, 5.41) is 3.77. The third-order valence-electron chi connectivity index (χ3n) is 5.24. The highest BCUT2D eigenvalue weighted by atomic mass is 35.5. The summed E-state index contributed by atoms with van der Waals surface area (Å²) in [4.78, 5) is 17.0. The second-order valence-electron chi connectivity index (χ2n) is 7.74. The third-order valence-corrected chi connectivity index (χ3v) is 5.49. The summed E-state index contributed by atoms with van der Waals surface area (Å²) in [6, 6.07) is 11.4. The van der Waals surface area contributed by atoms with Gasteiger partial charge in [-0.2, -0.15) is 0 Å². The van der Waals surface area contributed by atoms with Crippen LogP contribution in [0, 0.1) is 0 Å².